The molecule has 6 nitrogen and oxygen atoms in total. The minimum Gasteiger partial charge on any atom is -0.506 e. The monoisotopic (exact) mass is 377 g/mol. The Bertz CT molecular complexity index is 724. The molecule has 0 spiro atoms. The smallest absolute Gasteiger partial charge is 0.196 e. The fourth-order valence-corrected chi connectivity index (χ4v) is 2.84. The number of phenolic OH excluding ortho intramolecular Hbond substituents is 1. The Labute approximate surface area is 158 Å². The molecule has 7 heteroatoms. The van der Waals surface area contributed by atoms with Crippen molar-refractivity contribution < 1.29 is 15.3 Å². The van der Waals surface area contributed by atoms with Gasteiger partial charge in [-0.3, -0.25) is 0 Å². The highest BCUT2D eigenvalue weighted by molar-refractivity contribution is 7.09. The largest absolute Gasteiger partial charge is 0.506 e. The molecule has 2 aromatic rings. The summed E-state index contributed by atoms with van der Waals surface area (Å²) < 4.78 is 0. The molecule has 0 fully saturated rings. The number of benzene rings is 1. The van der Waals surface area contributed by atoms with E-state index in [4.69, 9.17) is 5.11 Å². The number of aromatic hydroxyl groups is 1. The normalized spacial score (nSPS) is 13.5. The predicted molar refractivity (Wildman–Crippen MR) is 107 cm³/mol. The van der Waals surface area contributed by atoms with E-state index in [9.17, 15) is 10.2 Å². The highest BCUT2D eigenvalue weighted by Crippen LogP contribution is 2.30. The predicted octanol–water partition coefficient (Wildman–Crippen LogP) is 2.66. The third-order valence-electron chi connectivity index (χ3n) is 3.80. The Kier molecular flexibility index (Phi) is 7.02. The molecule has 142 valence electrons. The number of hydrogen-bond acceptors (Lipinski definition) is 5. The fraction of sp³-hybridized carbons (Fsp3) is 0.421. The van der Waals surface area contributed by atoms with Gasteiger partial charge in [0.1, 0.15) is 5.75 Å². The zero-order chi connectivity index (χ0) is 19.2. The molecular weight excluding hydrogens is 350 g/mol. The van der Waals surface area contributed by atoms with E-state index >= 15 is 0 Å². The first-order valence-electron chi connectivity index (χ1n) is 8.49. The molecule has 0 aliphatic rings. The van der Waals surface area contributed by atoms with Gasteiger partial charge in [0, 0.05) is 11.4 Å². The van der Waals surface area contributed by atoms with Gasteiger partial charge < -0.3 is 26.0 Å². The molecule has 1 heterocycles. The van der Waals surface area contributed by atoms with Crippen LogP contribution < -0.4 is 10.6 Å². The van der Waals surface area contributed by atoms with Gasteiger partial charge in [-0.2, -0.15) is 0 Å². The first-order valence-corrected chi connectivity index (χ1v) is 9.37. The number of nitrogens with one attached hydrogen (secondary N) is 2. The van der Waals surface area contributed by atoms with Crippen molar-refractivity contribution in [1.82, 2.24) is 5.32 Å². The van der Waals surface area contributed by atoms with Gasteiger partial charge in [0.25, 0.3) is 0 Å². The van der Waals surface area contributed by atoms with Crippen molar-refractivity contribution in [2.75, 3.05) is 18.5 Å². The lowest BCUT2D eigenvalue weighted by molar-refractivity contribution is 0.0982. The van der Waals surface area contributed by atoms with Crippen LogP contribution in [-0.2, 0) is 12.0 Å². The summed E-state index contributed by atoms with van der Waals surface area (Å²) in [6, 6.07) is 9.39. The minimum atomic E-state index is -0.891. The van der Waals surface area contributed by atoms with Gasteiger partial charge in [-0.1, -0.05) is 32.9 Å². The van der Waals surface area contributed by atoms with E-state index in [-0.39, 0.29) is 24.3 Å². The van der Waals surface area contributed by atoms with E-state index in [2.05, 4.69) is 36.4 Å². The Hall–Kier alpha value is -2.09. The number of rotatable bonds is 6. The summed E-state index contributed by atoms with van der Waals surface area (Å²) in [6.07, 6.45) is -0.891. The van der Waals surface area contributed by atoms with Crippen LogP contribution in [0.25, 0.3) is 0 Å². The van der Waals surface area contributed by atoms with Gasteiger partial charge >= 0.3 is 0 Å². The molecule has 0 aliphatic carbocycles. The molecule has 0 saturated carbocycles. The number of hydrogen-bond donors (Lipinski definition) is 5. The second-order valence-corrected chi connectivity index (χ2v) is 8.10. The molecule has 0 saturated heterocycles. The Balaban J connectivity index is 2.20. The summed E-state index contributed by atoms with van der Waals surface area (Å²) in [7, 11) is 0. The van der Waals surface area contributed by atoms with Gasteiger partial charge in [0.2, 0.25) is 0 Å². The number of aliphatic imine (C=N–C) groups is 1. The van der Waals surface area contributed by atoms with Crippen molar-refractivity contribution in [1.29, 1.82) is 0 Å². The van der Waals surface area contributed by atoms with Crippen LogP contribution in [0.3, 0.4) is 0 Å². The van der Waals surface area contributed by atoms with E-state index in [0.29, 0.717) is 18.2 Å². The Morgan fingerprint density at radius 3 is 2.65 bits per heavy atom. The molecule has 1 atom stereocenters. The molecule has 0 amide bonds. The molecule has 1 unspecified atom stereocenters. The van der Waals surface area contributed by atoms with Crippen molar-refractivity contribution in [3.8, 4) is 5.75 Å². The maximum absolute atomic E-state index is 10.2. The van der Waals surface area contributed by atoms with Gasteiger partial charge in [-0.05, 0) is 34.6 Å². The fourth-order valence-electron chi connectivity index (χ4n) is 2.21. The average Bonchev–Trinajstić information content (AvgIpc) is 3.11. The first kappa shape index (κ1) is 20.2. The molecule has 26 heavy (non-hydrogen) atoms. The highest BCUT2D eigenvalue weighted by Gasteiger charge is 2.16. The van der Waals surface area contributed by atoms with Crippen LogP contribution in [0.5, 0.6) is 5.75 Å². The topological polar surface area (TPSA) is 97.1 Å². The molecular formula is C19H27N3O3S. The number of nitrogens with zero attached hydrogens (tertiary/aromatic N) is 1. The van der Waals surface area contributed by atoms with Gasteiger partial charge in [-0.15, -0.1) is 11.3 Å². The first-order chi connectivity index (χ1) is 12.3. The molecule has 1 aromatic heterocycles. The summed E-state index contributed by atoms with van der Waals surface area (Å²) in [4.78, 5) is 5.60. The average molecular weight is 378 g/mol. The van der Waals surface area contributed by atoms with Crippen molar-refractivity contribution in [3.05, 3.63) is 46.2 Å². The van der Waals surface area contributed by atoms with Crippen molar-refractivity contribution >= 4 is 23.0 Å². The van der Waals surface area contributed by atoms with E-state index in [0.717, 1.165) is 10.4 Å². The lowest BCUT2D eigenvalue weighted by Gasteiger charge is -2.21. The number of aliphatic hydroxyl groups is 2. The molecule has 2 rings (SSSR count). The molecule has 0 aliphatic heterocycles. The SMILES string of the molecule is CC(C)(C)c1ccc(O)c(NC(=NCc2cccs2)NCC(O)CO)c1. The highest BCUT2D eigenvalue weighted by atomic mass is 32.1. The van der Waals surface area contributed by atoms with Crippen molar-refractivity contribution in [3.63, 3.8) is 0 Å². The Morgan fingerprint density at radius 1 is 1.27 bits per heavy atom. The molecule has 1 aromatic carbocycles. The third-order valence-corrected chi connectivity index (χ3v) is 4.67. The lowest BCUT2D eigenvalue weighted by Crippen LogP contribution is -2.38. The quantitative estimate of drug-likeness (QED) is 0.303. The third kappa shape index (κ3) is 6.01. The molecule has 0 radical (unpaired) electrons. The summed E-state index contributed by atoms with van der Waals surface area (Å²) in [5.74, 6) is 0.540. The van der Waals surface area contributed by atoms with Crippen LogP contribution in [0.4, 0.5) is 5.69 Å². The number of guanidine groups is 1. The van der Waals surface area contributed by atoms with Crippen LogP contribution in [0.15, 0.2) is 40.7 Å². The summed E-state index contributed by atoms with van der Waals surface area (Å²) >= 11 is 1.61. The van der Waals surface area contributed by atoms with E-state index < -0.39 is 6.10 Å². The zero-order valence-electron chi connectivity index (χ0n) is 15.4. The second kappa shape index (κ2) is 9.02. The number of phenols is 1. The standard InChI is InChI=1S/C19H27N3O3S/c1-19(2,3)13-6-7-17(25)16(9-13)22-18(20-10-14(24)12-23)21-11-15-5-4-8-26-15/h4-9,14,23-25H,10-12H2,1-3H3,(H2,20,21,22). The van der Waals surface area contributed by atoms with Crippen LogP contribution in [0.2, 0.25) is 0 Å². The minimum absolute atomic E-state index is 0.0566. The maximum Gasteiger partial charge on any atom is 0.196 e. The molecule has 5 N–H and O–H groups in total. The van der Waals surface area contributed by atoms with Crippen LogP contribution in [0, 0.1) is 0 Å². The van der Waals surface area contributed by atoms with Gasteiger partial charge in [0.15, 0.2) is 5.96 Å². The summed E-state index contributed by atoms with van der Waals surface area (Å²) in [6.45, 7) is 6.59. The van der Waals surface area contributed by atoms with E-state index in [1.807, 2.05) is 29.6 Å². The van der Waals surface area contributed by atoms with Crippen LogP contribution in [0.1, 0.15) is 31.2 Å². The zero-order valence-corrected chi connectivity index (χ0v) is 16.2. The van der Waals surface area contributed by atoms with E-state index in [1.165, 1.54) is 0 Å². The number of aliphatic hydroxyl groups excluding tert-OH is 2. The summed E-state index contributed by atoms with van der Waals surface area (Å²) in [5.41, 5.74) is 1.55. The van der Waals surface area contributed by atoms with Gasteiger partial charge in [0.05, 0.1) is 24.9 Å². The van der Waals surface area contributed by atoms with Gasteiger partial charge in [-0.25, -0.2) is 4.99 Å². The van der Waals surface area contributed by atoms with E-state index in [1.54, 1.807) is 17.4 Å². The lowest BCUT2D eigenvalue weighted by atomic mass is 9.87. The Morgan fingerprint density at radius 2 is 2.04 bits per heavy atom. The van der Waals surface area contributed by atoms with Crippen molar-refractivity contribution in [2.24, 2.45) is 4.99 Å². The van der Waals surface area contributed by atoms with Crippen LogP contribution >= 0.6 is 11.3 Å². The van der Waals surface area contributed by atoms with Crippen molar-refractivity contribution in [2.45, 2.75) is 38.8 Å². The maximum atomic E-state index is 10.2. The number of anilines is 1. The van der Waals surface area contributed by atoms with Crippen LogP contribution in [-0.4, -0.2) is 40.5 Å². The molecule has 0 bridgehead atoms. The second-order valence-electron chi connectivity index (χ2n) is 7.07. The summed E-state index contributed by atoms with van der Waals surface area (Å²) in [5, 5.41) is 36.9. The number of thiophene rings is 1.